The van der Waals surface area contributed by atoms with Crippen LogP contribution in [0.5, 0.6) is 0 Å². The number of esters is 1. The highest BCUT2D eigenvalue weighted by molar-refractivity contribution is 5.74. The number of carbonyl (C=O) groups excluding carboxylic acids is 1. The van der Waals surface area contributed by atoms with Gasteiger partial charge in [-0.25, -0.2) is 4.79 Å². The van der Waals surface area contributed by atoms with Crippen LogP contribution in [0, 0.1) is 0 Å². The minimum Gasteiger partial charge on any atom is -0.434 e. The van der Waals surface area contributed by atoms with Gasteiger partial charge in [-0.05, 0) is 19.3 Å². The predicted octanol–water partition coefficient (Wildman–Crippen LogP) is 7.33. The Hall–Kier alpha value is -0.650. The molecular weight excluding hydrogens is 404 g/mol. The predicted molar refractivity (Wildman–Crippen MR) is 133 cm³/mol. The Morgan fingerprint density at radius 3 is 1.50 bits per heavy atom. The Labute approximate surface area is 199 Å². The molecule has 0 fully saturated rings. The molecule has 0 aromatic rings. The summed E-state index contributed by atoms with van der Waals surface area (Å²) in [4.78, 5) is 12.5. The number of aliphatic hydroxyl groups is 1. The summed E-state index contributed by atoms with van der Waals surface area (Å²) < 4.78 is 16.3. The van der Waals surface area contributed by atoms with E-state index < -0.39 is 12.4 Å². The highest BCUT2D eigenvalue weighted by atomic mass is 16.7. The van der Waals surface area contributed by atoms with E-state index in [0.29, 0.717) is 13.0 Å². The van der Waals surface area contributed by atoms with Crippen LogP contribution in [0.3, 0.4) is 0 Å². The molecule has 0 amide bonds. The molecule has 0 rings (SSSR count). The highest BCUT2D eigenvalue weighted by Gasteiger charge is 2.22. The minimum atomic E-state index is -0.491. The van der Waals surface area contributed by atoms with Crippen LogP contribution in [-0.4, -0.2) is 44.3 Å². The van der Waals surface area contributed by atoms with Crippen molar-refractivity contribution in [1.29, 1.82) is 0 Å². The van der Waals surface area contributed by atoms with E-state index in [2.05, 4.69) is 6.92 Å². The number of unbranched alkanes of at least 4 members (excludes halogenated alkanes) is 16. The van der Waals surface area contributed by atoms with Gasteiger partial charge < -0.3 is 19.3 Å². The quantitative estimate of drug-likeness (QED) is 0.0881. The van der Waals surface area contributed by atoms with E-state index in [9.17, 15) is 4.79 Å². The van der Waals surface area contributed by atoms with Crippen molar-refractivity contribution < 1.29 is 24.1 Å². The maximum atomic E-state index is 12.5. The van der Waals surface area contributed by atoms with Gasteiger partial charge in [-0.1, -0.05) is 110 Å². The van der Waals surface area contributed by atoms with Crippen molar-refractivity contribution in [2.45, 2.75) is 148 Å². The average Bonchev–Trinajstić information content (AvgIpc) is 2.80. The molecule has 0 heterocycles. The molecule has 5 heteroatoms. The van der Waals surface area contributed by atoms with E-state index >= 15 is 0 Å². The van der Waals surface area contributed by atoms with Crippen LogP contribution in [0.1, 0.15) is 135 Å². The molecule has 5 nitrogen and oxygen atoms in total. The van der Waals surface area contributed by atoms with Crippen LogP contribution in [0.15, 0.2) is 0 Å². The Morgan fingerprint density at radius 2 is 1.06 bits per heavy atom. The summed E-state index contributed by atoms with van der Waals surface area (Å²) in [5, 5.41) is 8.78. The Kier molecular flexibility index (Phi) is 24.5. The molecule has 0 spiro atoms. The van der Waals surface area contributed by atoms with Crippen molar-refractivity contribution in [3.05, 3.63) is 0 Å². The topological polar surface area (TPSA) is 65.0 Å². The average molecular weight is 459 g/mol. The summed E-state index contributed by atoms with van der Waals surface area (Å²) >= 11 is 0. The van der Waals surface area contributed by atoms with Crippen LogP contribution < -0.4 is 0 Å². The normalized spacial score (nSPS) is 13.2. The van der Waals surface area contributed by atoms with Crippen molar-refractivity contribution in [2.75, 3.05) is 20.8 Å². The van der Waals surface area contributed by atoms with Crippen molar-refractivity contribution >= 4 is 5.97 Å². The number of hydrogen-bond acceptors (Lipinski definition) is 5. The van der Waals surface area contributed by atoms with Gasteiger partial charge >= 0.3 is 5.97 Å². The van der Waals surface area contributed by atoms with Crippen molar-refractivity contribution in [1.82, 2.24) is 0 Å². The summed E-state index contributed by atoms with van der Waals surface area (Å²) in [5.41, 5.74) is 0. The van der Waals surface area contributed by atoms with E-state index in [-0.39, 0.29) is 5.97 Å². The van der Waals surface area contributed by atoms with Gasteiger partial charge in [0.2, 0.25) is 6.29 Å². The lowest BCUT2D eigenvalue weighted by molar-refractivity contribution is -0.186. The zero-order chi connectivity index (χ0) is 23.7. The van der Waals surface area contributed by atoms with Crippen LogP contribution in [-0.2, 0) is 19.0 Å². The summed E-state index contributed by atoms with van der Waals surface area (Å²) in [6, 6.07) is 0. The Balaban J connectivity index is 3.78. The third-order valence-electron chi connectivity index (χ3n) is 6.23. The van der Waals surface area contributed by atoms with Gasteiger partial charge in [0, 0.05) is 27.2 Å². The van der Waals surface area contributed by atoms with Crippen molar-refractivity contribution in [2.24, 2.45) is 0 Å². The lowest BCUT2D eigenvalue weighted by Crippen LogP contribution is -2.30. The standard InChI is InChI=1S/C27H54O5/c1-4-5-6-7-8-10-14-17-20-23-26(31-3)32-27(29)25(30-2)22-19-16-13-11-9-12-15-18-21-24-28/h25-26,28H,4-24H2,1-3H3. The molecule has 0 aliphatic heterocycles. The number of hydrogen-bond donors (Lipinski definition) is 1. The zero-order valence-electron chi connectivity index (χ0n) is 21.6. The first kappa shape index (κ1) is 31.4. The third-order valence-corrected chi connectivity index (χ3v) is 6.23. The van der Waals surface area contributed by atoms with Crippen LogP contribution in [0.25, 0.3) is 0 Å². The number of carbonyl (C=O) groups is 1. The van der Waals surface area contributed by atoms with Crippen LogP contribution in [0.4, 0.5) is 0 Å². The number of methoxy groups -OCH3 is 2. The molecule has 0 aliphatic rings. The van der Waals surface area contributed by atoms with Gasteiger partial charge in [0.15, 0.2) is 6.10 Å². The summed E-state index contributed by atoms with van der Waals surface area (Å²) in [5.74, 6) is -0.292. The molecule has 1 N–H and O–H groups in total. The van der Waals surface area contributed by atoms with Gasteiger partial charge in [0.25, 0.3) is 0 Å². The first-order chi connectivity index (χ1) is 15.7. The monoisotopic (exact) mass is 458 g/mol. The zero-order valence-corrected chi connectivity index (χ0v) is 21.6. The first-order valence-corrected chi connectivity index (χ1v) is 13.6. The molecular formula is C27H54O5. The fourth-order valence-corrected chi connectivity index (χ4v) is 4.06. The minimum absolute atomic E-state index is 0.292. The second-order valence-corrected chi connectivity index (χ2v) is 9.14. The van der Waals surface area contributed by atoms with Crippen molar-refractivity contribution in [3.8, 4) is 0 Å². The molecule has 2 unspecified atom stereocenters. The SMILES string of the molecule is CCCCCCCCCCCC(OC)OC(=O)C(CCCCCCCCCCCO)OC. The molecule has 0 bridgehead atoms. The molecule has 0 saturated carbocycles. The molecule has 0 aromatic heterocycles. The lowest BCUT2D eigenvalue weighted by atomic mass is 10.0. The summed E-state index contributed by atoms with van der Waals surface area (Å²) in [6.07, 6.45) is 22.3. The smallest absolute Gasteiger partial charge is 0.337 e. The fourth-order valence-electron chi connectivity index (χ4n) is 4.06. The van der Waals surface area contributed by atoms with Crippen LogP contribution >= 0.6 is 0 Å². The van der Waals surface area contributed by atoms with Gasteiger partial charge in [-0.3, -0.25) is 0 Å². The largest absolute Gasteiger partial charge is 0.434 e. The van der Waals surface area contributed by atoms with Gasteiger partial charge in [-0.2, -0.15) is 0 Å². The highest BCUT2D eigenvalue weighted by Crippen LogP contribution is 2.16. The molecule has 0 saturated heterocycles. The van der Waals surface area contributed by atoms with Gasteiger partial charge in [-0.15, -0.1) is 0 Å². The van der Waals surface area contributed by atoms with Gasteiger partial charge in [0.1, 0.15) is 0 Å². The van der Waals surface area contributed by atoms with Crippen molar-refractivity contribution in [3.63, 3.8) is 0 Å². The fraction of sp³-hybridized carbons (Fsp3) is 0.963. The maximum absolute atomic E-state index is 12.5. The number of rotatable bonds is 25. The molecule has 32 heavy (non-hydrogen) atoms. The van der Waals surface area contributed by atoms with E-state index in [1.165, 1.54) is 83.5 Å². The molecule has 2 atom stereocenters. The summed E-state index contributed by atoms with van der Waals surface area (Å²) in [7, 11) is 3.19. The number of ether oxygens (including phenoxy) is 3. The maximum Gasteiger partial charge on any atom is 0.337 e. The molecule has 192 valence electrons. The van der Waals surface area contributed by atoms with E-state index in [4.69, 9.17) is 19.3 Å². The molecule has 0 aromatic carbocycles. The summed E-state index contributed by atoms with van der Waals surface area (Å²) in [6.45, 7) is 2.56. The number of aliphatic hydroxyl groups excluding tert-OH is 1. The lowest BCUT2D eigenvalue weighted by Gasteiger charge is -2.20. The second-order valence-electron chi connectivity index (χ2n) is 9.14. The molecule has 0 radical (unpaired) electrons. The van der Waals surface area contributed by atoms with Gasteiger partial charge in [0.05, 0.1) is 0 Å². The Morgan fingerprint density at radius 1 is 0.625 bits per heavy atom. The Bertz CT molecular complexity index is 388. The van der Waals surface area contributed by atoms with E-state index in [1.54, 1.807) is 14.2 Å². The van der Waals surface area contributed by atoms with Crippen LogP contribution in [0.2, 0.25) is 0 Å². The molecule has 0 aliphatic carbocycles. The van der Waals surface area contributed by atoms with E-state index in [1.807, 2.05) is 0 Å². The van der Waals surface area contributed by atoms with E-state index in [0.717, 1.165) is 38.5 Å². The first-order valence-electron chi connectivity index (χ1n) is 13.6. The second kappa shape index (κ2) is 25.0. The third kappa shape index (κ3) is 20.0.